The lowest BCUT2D eigenvalue weighted by Gasteiger charge is -2.56. The van der Waals surface area contributed by atoms with E-state index in [1.807, 2.05) is 6.07 Å². The quantitative estimate of drug-likeness (QED) is 0.162. The molecule has 1 fully saturated rings. The summed E-state index contributed by atoms with van der Waals surface area (Å²) in [4.78, 5) is 0. The average Bonchev–Trinajstić information content (AvgIpc) is 3.05. The van der Waals surface area contributed by atoms with E-state index in [1.54, 1.807) is 0 Å². The summed E-state index contributed by atoms with van der Waals surface area (Å²) in [7, 11) is -7.23. The van der Waals surface area contributed by atoms with Crippen molar-refractivity contribution >= 4 is 35.3 Å². The maximum Gasteiger partial charge on any atom is 0.261 e. The molecule has 0 radical (unpaired) electrons. The Bertz CT molecular complexity index is 1520. The van der Waals surface area contributed by atoms with Crippen molar-refractivity contribution in [3.05, 3.63) is 96.6 Å². The SMILES string of the molecule is CC(C)(C)[Si](C)(C)OC[C@@]1(C)O[C@@](C)(CO[Si](c2ccccc2)(c2ccccc2)C(C)(C)C)[C@H](OCc2ccccc2)C[C@@H]1O[Si](C)(C)C(C)(C)C. The smallest absolute Gasteiger partial charge is 0.261 e. The van der Waals surface area contributed by atoms with Crippen molar-refractivity contribution in [2.75, 3.05) is 13.2 Å². The van der Waals surface area contributed by atoms with Gasteiger partial charge in [0, 0.05) is 6.42 Å². The lowest BCUT2D eigenvalue weighted by atomic mass is 9.83. The van der Waals surface area contributed by atoms with E-state index in [-0.39, 0.29) is 27.3 Å². The molecule has 0 spiro atoms. The van der Waals surface area contributed by atoms with Crippen LogP contribution in [0.3, 0.4) is 0 Å². The maximum atomic E-state index is 7.64. The summed E-state index contributed by atoms with van der Waals surface area (Å²) in [5.41, 5.74) is -0.406. The fourth-order valence-electron chi connectivity index (χ4n) is 6.88. The molecule has 1 aliphatic rings. The fourth-order valence-corrected chi connectivity index (χ4v) is 14.0. The van der Waals surface area contributed by atoms with Crippen LogP contribution in [-0.4, -0.2) is 61.6 Å². The van der Waals surface area contributed by atoms with Crippen LogP contribution < -0.4 is 10.4 Å². The first kappa shape index (κ1) is 42.8. The van der Waals surface area contributed by atoms with Gasteiger partial charge in [0.2, 0.25) is 0 Å². The zero-order chi connectivity index (χ0) is 38.9. The predicted molar refractivity (Wildman–Crippen MR) is 226 cm³/mol. The van der Waals surface area contributed by atoms with Gasteiger partial charge in [0.15, 0.2) is 16.6 Å². The molecule has 1 saturated heterocycles. The van der Waals surface area contributed by atoms with Crippen molar-refractivity contribution in [2.45, 2.75) is 154 Å². The first-order valence-corrected chi connectivity index (χ1v) is 27.0. The molecule has 288 valence electrons. The van der Waals surface area contributed by atoms with Crippen molar-refractivity contribution in [1.29, 1.82) is 0 Å². The van der Waals surface area contributed by atoms with E-state index in [0.29, 0.717) is 26.2 Å². The van der Waals surface area contributed by atoms with Crippen LogP contribution in [0.5, 0.6) is 0 Å². The largest absolute Gasteiger partial charge is 0.414 e. The number of ether oxygens (including phenoxy) is 2. The van der Waals surface area contributed by atoms with E-state index in [0.717, 1.165) is 5.56 Å². The molecule has 0 amide bonds. The normalized spacial score (nSPS) is 23.8. The third kappa shape index (κ3) is 9.31. The summed E-state index contributed by atoms with van der Waals surface area (Å²) in [6.07, 6.45) is 0.165. The molecule has 4 atom stereocenters. The molecular weight excluding hydrogens is 693 g/mol. The van der Waals surface area contributed by atoms with E-state index in [2.05, 4.69) is 187 Å². The van der Waals surface area contributed by atoms with Gasteiger partial charge in [-0.3, -0.25) is 0 Å². The highest BCUT2D eigenvalue weighted by Crippen LogP contribution is 2.47. The van der Waals surface area contributed by atoms with Crippen molar-refractivity contribution < 1.29 is 22.8 Å². The molecule has 1 aliphatic heterocycles. The van der Waals surface area contributed by atoms with Gasteiger partial charge in [0.25, 0.3) is 8.32 Å². The Labute approximate surface area is 320 Å². The highest BCUT2D eigenvalue weighted by molar-refractivity contribution is 6.99. The van der Waals surface area contributed by atoms with Crippen LogP contribution in [-0.2, 0) is 29.4 Å². The van der Waals surface area contributed by atoms with Crippen LogP contribution in [0, 0.1) is 0 Å². The second-order valence-corrected chi connectivity index (χ2v) is 33.5. The van der Waals surface area contributed by atoms with Gasteiger partial charge >= 0.3 is 0 Å². The molecule has 3 aromatic rings. The number of hydrogen-bond donors (Lipinski definition) is 0. The van der Waals surface area contributed by atoms with Gasteiger partial charge in [0.1, 0.15) is 11.2 Å². The first-order valence-electron chi connectivity index (χ1n) is 19.3. The van der Waals surface area contributed by atoms with Crippen molar-refractivity contribution in [3.63, 3.8) is 0 Å². The van der Waals surface area contributed by atoms with Gasteiger partial charge in [-0.25, -0.2) is 0 Å². The molecule has 1 heterocycles. The minimum atomic E-state index is -2.88. The van der Waals surface area contributed by atoms with Crippen molar-refractivity contribution in [2.24, 2.45) is 0 Å². The monoisotopic (exact) mass is 762 g/mol. The molecule has 0 aromatic heterocycles. The molecule has 8 heteroatoms. The highest BCUT2D eigenvalue weighted by Gasteiger charge is 2.58. The lowest BCUT2D eigenvalue weighted by molar-refractivity contribution is -0.285. The Morgan fingerprint density at radius 2 is 1.00 bits per heavy atom. The second-order valence-electron chi connectivity index (χ2n) is 19.6. The van der Waals surface area contributed by atoms with E-state index < -0.39 is 36.2 Å². The number of benzene rings is 3. The summed E-state index contributed by atoms with van der Waals surface area (Å²) in [5, 5.41) is 2.41. The molecule has 0 saturated carbocycles. The topological polar surface area (TPSA) is 46.2 Å². The lowest BCUT2D eigenvalue weighted by Crippen LogP contribution is -2.71. The van der Waals surface area contributed by atoms with Crippen LogP contribution >= 0.6 is 0 Å². The van der Waals surface area contributed by atoms with Crippen LogP contribution in [0.15, 0.2) is 91.0 Å². The van der Waals surface area contributed by atoms with Crippen LogP contribution in [0.2, 0.25) is 41.3 Å². The molecule has 3 aromatic carbocycles. The Morgan fingerprint density at radius 3 is 1.44 bits per heavy atom. The number of hydrogen-bond acceptors (Lipinski definition) is 5. The fraction of sp³-hybridized carbons (Fsp3) is 0.591. The van der Waals surface area contributed by atoms with Gasteiger partial charge in [-0.2, -0.15) is 0 Å². The molecule has 0 bridgehead atoms. The Morgan fingerprint density at radius 1 is 0.577 bits per heavy atom. The number of rotatable bonds is 13. The molecule has 0 unspecified atom stereocenters. The standard InChI is InChI=1S/C44H70O5Si3/c1-40(2,3)50(12,13)46-33-44(11)39(48-51(14,15)41(4,5)6)31-38(45-32-35-25-19-16-20-26-35)43(10,49-44)34-47-52(42(7,8)9,36-27-21-17-22-28-36)37-29-23-18-24-30-37/h16-30,38-39H,31-34H2,1-15H3/t38-,39+,43+,44-/m1/s1. The van der Waals surface area contributed by atoms with Gasteiger partial charge in [-0.05, 0) is 71.1 Å². The van der Waals surface area contributed by atoms with Crippen LogP contribution in [0.4, 0.5) is 0 Å². The Hall–Kier alpha value is -1.89. The van der Waals surface area contributed by atoms with Gasteiger partial charge in [0.05, 0.1) is 32.0 Å². The van der Waals surface area contributed by atoms with Crippen molar-refractivity contribution in [1.82, 2.24) is 0 Å². The van der Waals surface area contributed by atoms with Gasteiger partial charge in [-0.1, -0.05) is 153 Å². The van der Waals surface area contributed by atoms with Crippen LogP contribution in [0.25, 0.3) is 0 Å². The Kier molecular flexibility index (Phi) is 12.9. The molecule has 5 nitrogen and oxygen atoms in total. The molecule has 0 aliphatic carbocycles. The molecule has 0 N–H and O–H groups in total. The minimum Gasteiger partial charge on any atom is -0.414 e. The zero-order valence-corrected chi connectivity index (χ0v) is 38.2. The van der Waals surface area contributed by atoms with E-state index in [4.69, 9.17) is 22.8 Å². The first-order chi connectivity index (χ1) is 23.9. The van der Waals surface area contributed by atoms with Gasteiger partial charge in [-0.15, -0.1) is 0 Å². The minimum absolute atomic E-state index is 0.0295. The summed E-state index contributed by atoms with van der Waals surface area (Å²) in [6, 6.07) is 32.2. The second kappa shape index (κ2) is 15.7. The van der Waals surface area contributed by atoms with Gasteiger partial charge < -0.3 is 22.8 Å². The van der Waals surface area contributed by atoms with E-state index in [9.17, 15) is 0 Å². The highest BCUT2D eigenvalue weighted by atomic mass is 28.4. The summed E-state index contributed by atoms with van der Waals surface area (Å²) in [5.74, 6) is 0. The summed E-state index contributed by atoms with van der Waals surface area (Å²) >= 11 is 0. The molecule has 52 heavy (non-hydrogen) atoms. The molecular formula is C44H70O5Si3. The van der Waals surface area contributed by atoms with E-state index >= 15 is 0 Å². The van der Waals surface area contributed by atoms with E-state index in [1.165, 1.54) is 10.4 Å². The summed E-state index contributed by atoms with van der Waals surface area (Å²) in [6.45, 7) is 35.8. The molecule has 4 rings (SSSR count). The predicted octanol–water partition coefficient (Wildman–Crippen LogP) is 10.5. The average molecular weight is 763 g/mol. The van der Waals surface area contributed by atoms with Crippen LogP contribution in [0.1, 0.15) is 88.1 Å². The maximum absolute atomic E-state index is 7.64. The zero-order valence-electron chi connectivity index (χ0n) is 35.2. The summed E-state index contributed by atoms with van der Waals surface area (Å²) < 4.78 is 36.6. The third-order valence-electron chi connectivity index (χ3n) is 12.3. The third-order valence-corrected chi connectivity index (χ3v) is 26.3. The van der Waals surface area contributed by atoms with Crippen molar-refractivity contribution in [3.8, 4) is 0 Å². The Balaban J connectivity index is 1.84.